The number of carbonyl (C=O) groups is 2. The highest BCUT2D eigenvalue weighted by Gasteiger charge is 1.99. The van der Waals surface area contributed by atoms with Crippen LogP contribution in [0.2, 0.25) is 0 Å². The lowest BCUT2D eigenvalue weighted by molar-refractivity contribution is -0.121. The van der Waals surface area contributed by atoms with Crippen molar-refractivity contribution >= 4 is 11.8 Å². The Hall–Kier alpha value is -2.02. The average molecular weight is 278 g/mol. The molecule has 0 heterocycles. The van der Waals surface area contributed by atoms with Crippen LogP contribution in [0.25, 0.3) is 0 Å². The molecular weight excluding hydrogens is 256 g/mol. The first kappa shape index (κ1) is 18.0. The fraction of sp³-hybridized carbons (Fsp3) is 0.571. The summed E-state index contributed by atoms with van der Waals surface area (Å²) in [6.07, 6.45) is 10.8. The number of hydrogen-bond donors (Lipinski definition) is 4. The topological polar surface area (TPSA) is 82.3 Å². The molecule has 0 saturated heterocycles. The molecule has 20 heavy (non-hydrogen) atoms. The highest BCUT2D eigenvalue weighted by atomic mass is 16.2. The van der Waals surface area contributed by atoms with Gasteiger partial charge in [0.25, 0.3) is 0 Å². The van der Waals surface area contributed by atoms with Crippen molar-refractivity contribution in [3.63, 3.8) is 0 Å². The van der Waals surface area contributed by atoms with Gasteiger partial charge in [0.2, 0.25) is 11.8 Å². The smallest absolute Gasteiger partial charge is 0.222 e. The number of amides is 2. The quantitative estimate of drug-likeness (QED) is 0.272. The summed E-state index contributed by atoms with van der Waals surface area (Å²) in [5.74, 6) is 4.56. The van der Waals surface area contributed by atoms with E-state index in [0.717, 1.165) is 13.1 Å². The van der Waals surface area contributed by atoms with Crippen molar-refractivity contribution in [2.75, 3.05) is 39.3 Å². The number of terminal acetylenes is 2. The van der Waals surface area contributed by atoms with Crippen molar-refractivity contribution in [1.82, 2.24) is 21.3 Å². The van der Waals surface area contributed by atoms with E-state index in [2.05, 4.69) is 33.1 Å². The maximum atomic E-state index is 11.2. The SMILES string of the molecule is C#CCNC(=O)CCNCCNCCC(=O)NCC#C. The van der Waals surface area contributed by atoms with Crippen molar-refractivity contribution in [2.45, 2.75) is 12.8 Å². The molecule has 0 spiro atoms. The highest BCUT2D eigenvalue weighted by Crippen LogP contribution is 1.78. The molecule has 4 N–H and O–H groups in total. The van der Waals surface area contributed by atoms with E-state index in [-0.39, 0.29) is 24.9 Å². The molecule has 0 aliphatic rings. The number of nitrogens with one attached hydrogen (secondary N) is 4. The first-order chi connectivity index (χ1) is 9.70. The van der Waals surface area contributed by atoms with E-state index in [4.69, 9.17) is 12.8 Å². The third-order valence-electron chi connectivity index (χ3n) is 2.31. The van der Waals surface area contributed by atoms with Gasteiger partial charge >= 0.3 is 0 Å². The zero-order valence-corrected chi connectivity index (χ0v) is 11.6. The Labute approximate surface area is 120 Å². The van der Waals surface area contributed by atoms with E-state index < -0.39 is 0 Å². The maximum Gasteiger partial charge on any atom is 0.222 e. The zero-order chi connectivity index (χ0) is 15.1. The molecular formula is C14H22N4O2. The van der Waals surface area contributed by atoms with Crippen LogP contribution in [0.1, 0.15) is 12.8 Å². The molecule has 0 aliphatic heterocycles. The molecule has 2 amide bonds. The predicted octanol–water partition coefficient (Wildman–Crippen LogP) is -1.56. The van der Waals surface area contributed by atoms with Crippen molar-refractivity contribution in [1.29, 1.82) is 0 Å². The maximum absolute atomic E-state index is 11.2. The molecule has 6 heteroatoms. The van der Waals surface area contributed by atoms with Gasteiger partial charge < -0.3 is 21.3 Å². The van der Waals surface area contributed by atoms with Gasteiger partial charge in [-0.3, -0.25) is 9.59 Å². The Kier molecular flexibility index (Phi) is 12.1. The van der Waals surface area contributed by atoms with Crippen LogP contribution in [0.15, 0.2) is 0 Å². The molecule has 0 saturated carbocycles. The molecule has 0 aliphatic carbocycles. The van der Waals surface area contributed by atoms with Gasteiger partial charge in [0.05, 0.1) is 13.1 Å². The predicted molar refractivity (Wildman–Crippen MR) is 78.7 cm³/mol. The second-order valence-electron chi connectivity index (χ2n) is 3.96. The zero-order valence-electron chi connectivity index (χ0n) is 11.6. The third-order valence-corrected chi connectivity index (χ3v) is 2.31. The monoisotopic (exact) mass is 278 g/mol. The van der Waals surface area contributed by atoms with Crippen LogP contribution in [-0.2, 0) is 9.59 Å². The minimum atomic E-state index is -0.0615. The lowest BCUT2D eigenvalue weighted by Gasteiger charge is -2.06. The second-order valence-corrected chi connectivity index (χ2v) is 3.96. The van der Waals surface area contributed by atoms with Gasteiger partial charge in [0.1, 0.15) is 0 Å². The van der Waals surface area contributed by atoms with Crippen LogP contribution in [0, 0.1) is 24.7 Å². The molecule has 0 aromatic heterocycles. The summed E-state index contributed by atoms with van der Waals surface area (Å²) >= 11 is 0. The van der Waals surface area contributed by atoms with Gasteiger partial charge in [-0.05, 0) is 0 Å². The van der Waals surface area contributed by atoms with Crippen LogP contribution < -0.4 is 21.3 Å². The normalized spacial score (nSPS) is 9.30. The van der Waals surface area contributed by atoms with E-state index in [1.165, 1.54) is 0 Å². The van der Waals surface area contributed by atoms with Gasteiger partial charge in [0, 0.05) is 39.0 Å². The van der Waals surface area contributed by atoms with Crippen molar-refractivity contribution < 1.29 is 9.59 Å². The Morgan fingerprint density at radius 1 is 0.750 bits per heavy atom. The first-order valence-corrected chi connectivity index (χ1v) is 6.52. The molecule has 6 nitrogen and oxygen atoms in total. The Bertz CT molecular complexity index is 332. The van der Waals surface area contributed by atoms with Gasteiger partial charge in [-0.25, -0.2) is 0 Å². The molecule has 0 bridgehead atoms. The van der Waals surface area contributed by atoms with E-state index in [9.17, 15) is 9.59 Å². The Morgan fingerprint density at radius 2 is 1.15 bits per heavy atom. The third kappa shape index (κ3) is 12.4. The molecule has 0 aromatic rings. The molecule has 0 rings (SSSR count). The Balaban J connectivity index is 3.25. The standard InChI is InChI=1S/C14H22N4O2/c1-3-7-17-13(19)5-9-15-11-12-16-10-6-14(20)18-8-4-2/h1-2,15-16H,5-12H2,(H,17,19)(H,18,20). The summed E-state index contributed by atoms with van der Waals surface area (Å²) in [5.41, 5.74) is 0. The number of carbonyl (C=O) groups excluding carboxylic acids is 2. The lowest BCUT2D eigenvalue weighted by atomic mass is 10.3. The lowest BCUT2D eigenvalue weighted by Crippen LogP contribution is -2.33. The summed E-state index contributed by atoms with van der Waals surface area (Å²) in [5, 5.41) is 11.4. The summed E-state index contributed by atoms with van der Waals surface area (Å²) in [7, 11) is 0. The van der Waals surface area contributed by atoms with E-state index in [1.54, 1.807) is 0 Å². The molecule has 0 atom stereocenters. The van der Waals surface area contributed by atoms with E-state index in [1.807, 2.05) is 0 Å². The van der Waals surface area contributed by atoms with Gasteiger partial charge in [-0.15, -0.1) is 12.8 Å². The van der Waals surface area contributed by atoms with Gasteiger partial charge in [-0.2, -0.15) is 0 Å². The molecule has 0 aromatic carbocycles. The van der Waals surface area contributed by atoms with Crippen molar-refractivity contribution in [2.24, 2.45) is 0 Å². The second kappa shape index (κ2) is 13.4. The minimum absolute atomic E-state index is 0.0615. The van der Waals surface area contributed by atoms with Gasteiger partial charge in [0.15, 0.2) is 0 Å². The number of hydrogen-bond acceptors (Lipinski definition) is 4. The van der Waals surface area contributed by atoms with Gasteiger partial charge in [-0.1, -0.05) is 11.8 Å². The summed E-state index contributed by atoms with van der Waals surface area (Å²) in [6.45, 7) is 3.19. The molecule has 0 unspecified atom stereocenters. The Morgan fingerprint density at radius 3 is 1.50 bits per heavy atom. The van der Waals surface area contributed by atoms with E-state index in [0.29, 0.717) is 25.9 Å². The van der Waals surface area contributed by atoms with Crippen LogP contribution in [0.3, 0.4) is 0 Å². The fourth-order valence-corrected chi connectivity index (χ4v) is 1.31. The molecule has 0 fully saturated rings. The van der Waals surface area contributed by atoms with E-state index >= 15 is 0 Å². The summed E-state index contributed by atoms with van der Waals surface area (Å²) in [4.78, 5) is 22.4. The average Bonchev–Trinajstić information content (AvgIpc) is 2.45. The van der Waals surface area contributed by atoms with Crippen molar-refractivity contribution in [3.05, 3.63) is 0 Å². The largest absolute Gasteiger partial charge is 0.345 e. The molecule has 0 radical (unpaired) electrons. The molecule has 110 valence electrons. The van der Waals surface area contributed by atoms with Crippen molar-refractivity contribution in [3.8, 4) is 24.7 Å². The first-order valence-electron chi connectivity index (χ1n) is 6.52. The summed E-state index contributed by atoms with van der Waals surface area (Å²) < 4.78 is 0. The fourth-order valence-electron chi connectivity index (χ4n) is 1.31. The summed E-state index contributed by atoms with van der Waals surface area (Å²) in [6, 6.07) is 0. The minimum Gasteiger partial charge on any atom is -0.345 e. The van der Waals surface area contributed by atoms with Crippen LogP contribution >= 0.6 is 0 Å². The number of rotatable bonds is 11. The van der Waals surface area contributed by atoms with Crippen LogP contribution in [0.5, 0.6) is 0 Å². The van der Waals surface area contributed by atoms with Crippen LogP contribution in [0.4, 0.5) is 0 Å². The highest BCUT2D eigenvalue weighted by molar-refractivity contribution is 5.76. The van der Waals surface area contributed by atoms with Crippen LogP contribution in [-0.4, -0.2) is 51.1 Å².